The van der Waals surface area contributed by atoms with Gasteiger partial charge >= 0.3 is 0 Å². The molecule has 0 amide bonds. The maximum atomic E-state index is 4.90. The lowest BCUT2D eigenvalue weighted by Gasteiger charge is -2.27. The number of hydrogen-bond donors (Lipinski definition) is 0. The summed E-state index contributed by atoms with van der Waals surface area (Å²) < 4.78 is 0. The molecule has 0 atom stereocenters. The molecule has 0 aliphatic heterocycles. The van der Waals surface area contributed by atoms with Crippen molar-refractivity contribution in [2.45, 2.75) is 0 Å². The second kappa shape index (κ2) is 12.0. The Morgan fingerprint density at radius 1 is 0.333 bits per heavy atom. The van der Waals surface area contributed by atoms with Gasteiger partial charge in [-0.25, -0.2) is 4.98 Å². The van der Waals surface area contributed by atoms with E-state index in [4.69, 9.17) is 4.98 Å². The maximum Gasteiger partial charge on any atom is 0.137 e. The molecule has 2 heteroatoms. The largest absolute Gasteiger partial charge is 0.294 e. The summed E-state index contributed by atoms with van der Waals surface area (Å²) in [5.41, 5.74) is 7.04. The SMILES string of the molecule is c1ccc(N(c2ccc3c(-c4ccc5ccccc5c4)c4ccccc4c(-c4ccc5ccccc5c4)c3c2)c2cccc3ccccc23)nc1. The van der Waals surface area contributed by atoms with E-state index in [1.807, 2.05) is 12.3 Å². The van der Waals surface area contributed by atoms with Gasteiger partial charge in [0.05, 0.1) is 5.69 Å². The summed E-state index contributed by atoms with van der Waals surface area (Å²) in [4.78, 5) is 7.21. The van der Waals surface area contributed by atoms with Gasteiger partial charge in [0.25, 0.3) is 0 Å². The number of rotatable bonds is 5. The van der Waals surface area contributed by atoms with Gasteiger partial charge < -0.3 is 0 Å². The first-order chi connectivity index (χ1) is 25.3. The maximum absolute atomic E-state index is 4.90. The zero-order valence-corrected chi connectivity index (χ0v) is 27.9. The lowest BCUT2D eigenvalue weighted by molar-refractivity contribution is 1.19. The topological polar surface area (TPSA) is 16.1 Å². The van der Waals surface area contributed by atoms with Crippen molar-refractivity contribution in [2.75, 3.05) is 4.90 Å². The third-order valence-electron chi connectivity index (χ3n) is 10.2. The predicted octanol–water partition coefficient (Wildman–Crippen LogP) is 13.7. The molecule has 0 aliphatic carbocycles. The number of hydrogen-bond acceptors (Lipinski definition) is 2. The van der Waals surface area contributed by atoms with Crippen LogP contribution < -0.4 is 4.90 Å². The molecule has 0 saturated heterocycles. The van der Waals surface area contributed by atoms with Crippen molar-refractivity contribution in [1.82, 2.24) is 4.98 Å². The Labute approximate surface area is 296 Å². The van der Waals surface area contributed by atoms with Crippen molar-refractivity contribution in [1.29, 1.82) is 0 Å². The van der Waals surface area contributed by atoms with E-state index in [1.54, 1.807) is 0 Å². The quantitative estimate of drug-likeness (QED) is 0.173. The van der Waals surface area contributed by atoms with Crippen LogP contribution in [0.5, 0.6) is 0 Å². The van der Waals surface area contributed by atoms with Crippen molar-refractivity contribution in [3.05, 3.63) is 194 Å². The van der Waals surface area contributed by atoms with Crippen molar-refractivity contribution >= 4 is 71.1 Å². The van der Waals surface area contributed by atoms with Crippen LogP contribution in [0.4, 0.5) is 17.2 Å². The van der Waals surface area contributed by atoms with E-state index < -0.39 is 0 Å². The number of fused-ring (bicyclic) bond motifs is 5. The first-order valence-electron chi connectivity index (χ1n) is 17.5. The minimum atomic E-state index is 0.871. The highest BCUT2D eigenvalue weighted by atomic mass is 15.2. The lowest BCUT2D eigenvalue weighted by Crippen LogP contribution is -2.12. The molecule has 0 radical (unpaired) electrons. The van der Waals surface area contributed by atoms with E-state index in [9.17, 15) is 0 Å². The summed E-state index contributed by atoms with van der Waals surface area (Å²) >= 11 is 0. The van der Waals surface area contributed by atoms with Gasteiger partial charge in [0, 0.05) is 17.3 Å². The van der Waals surface area contributed by atoms with Crippen LogP contribution in [0.15, 0.2) is 194 Å². The summed E-state index contributed by atoms with van der Waals surface area (Å²) in [5.74, 6) is 0.871. The molecule has 2 nitrogen and oxygen atoms in total. The summed E-state index contributed by atoms with van der Waals surface area (Å²) in [6, 6.07) is 68.1. The first-order valence-corrected chi connectivity index (χ1v) is 17.5. The van der Waals surface area contributed by atoms with Crippen molar-refractivity contribution in [3.8, 4) is 22.3 Å². The van der Waals surface area contributed by atoms with Gasteiger partial charge in [-0.3, -0.25) is 4.90 Å². The predicted molar refractivity (Wildman–Crippen MR) is 217 cm³/mol. The fourth-order valence-electron chi connectivity index (χ4n) is 7.90. The van der Waals surface area contributed by atoms with Crippen molar-refractivity contribution in [2.24, 2.45) is 0 Å². The second-order valence-corrected chi connectivity index (χ2v) is 13.2. The fraction of sp³-hybridized carbons (Fsp3) is 0. The first kappa shape index (κ1) is 29.2. The molecule has 10 rings (SSSR count). The van der Waals surface area contributed by atoms with Crippen molar-refractivity contribution in [3.63, 3.8) is 0 Å². The molecule has 0 aliphatic rings. The molecular formula is C49H32N2. The summed E-state index contributed by atoms with van der Waals surface area (Å²) in [7, 11) is 0. The van der Waals surface area contributed by atoms with Crippen LogP contribution in [-0.4, -0.2) is 4.98 Å². The van der Waals surface area contributed by atoms with Crippen LogP contribution >= 0.6 is 0 Å². The zero-order chi connectivity index (χ0) is 33.7. The third kappa shape index (κ3) is 4.92. The van der Waals surface area contributed by atoms with Crippen LogP contribution in [0.25, 0.3) is 76.1 Å². The Bertz CT molecular complexity index is 2920. The van der Waals surface area contributed by atoms with Crippen LogP contribution in [0.3, 0.4) is 0 Å². The highest BCUT2D eigenvalue weighted by Gasteiger charge is 2.21. The van der Waals surface area contributed by atoms with E-state index in [0.717, 1.165) is 17.2 Å². The van der Waals surface area contributed by atoms with Gasteiger partial charge in [-0.2, -0.15) is 0 Å². The molecule has 0 saturated carbocycles. The summed E-state index contributed by atoms with van der Waals surface area (Å²) in [6.07, 6.45) is 1.88. The molecule has 0 fully saturated rings. The Morgan fingerprint density at radius 3 is 1.51 bits per heavy atom. The highest BCUT2D eigenvalue weighted by molar-refractivity contribution is 6.22. The summed E-state index contributed by atoms with van der Waals surface area (Å²) in [5, 5.41) is 12.2. The minimum absolute atomic E-state index is 0.871. The Morgan fingerprint density at radius 2 is 0.863 bits per heavy atom. The molecule has 0 spiro atoms. The molecule has 10 aromatic rings. The van der Waals surface area contributed by atoms with E-state index in [2.05, 4.69) is 187 Å². The van der Waals surface area contributed by atoms with E-state index in [1.165, 1.54) is 76.1 Å². The number of pyridine rings is 1. The third-order valence-corrected chi connectivity index (χ3v) is 10.2. The minimum Gasteiger partial charge on any atom is -0.294 e. The molecule has 51 heavy (non-hydrogen) atoms. The van der Waals surface area contributed by atoms with Crippen LogP contribution in [-0.2, 0) is 0 Å². The van der Waals surface area contributed by atoms with Gasteiger partial charge in [0.15, 0.2) is 0 Å². The summed E-state index contributed by atoms with van der Waals surface area (Å²) in [6.45, 7) is 0. The fourth-order valence-corrected chi connectivity index (χ4v) is 7.90. The number of aromatic nitrogens is 1. The molecule has 0 unspecified atom stereocenters. The standard InChI is InChI=1S/C49H32N2/c1-3-15-36-30-38(25-23-33(36)12-1)48-42-19-7-8-20-43(42)49(39-26-24-34-13-2-4-16-37(34)31-39)45-32-40(27-28-44(45)48)51(47-22-9-10-29-50-47)46-21-11-17-35-14-5-6-18-41(35)46/h1-32H. The molecule has 0 N–H and O–H groups in total. The lowest BCUT2D eigenvalue weighted by atomic mass is 9.85. The van der Waals surface area contributed by atoms with Crippen LogP contribution in [0.2, 0.25) is 0 Å². The average Bonchev–Trinajstić information content (AvgIpc) is 3.20. The zero-order valence-electron chi connectivity index (χ0n) is 27.9. The number of nitrogens with zero attached hydrogens (tertiary/aromatic N) is 2. The normalized spacial score (nSPS) is 11.5. The van der Waals surface area contributed by atoms with E-state index >= 15 is 0 Å². The highest BCUT2D eigenvalue weighted by Crippen LogP contribution is 2.47. The molecule has 238 valence electrons. The van der Waals surface area contributed by atoms with Gasteiger partial charge in [0.1, 0.15) is 5.82 Å². The van der Waals surface area contributed by atoms with Gasteiger partial charge in [-0.15, -0.1) is 0 Å². The van der Waals surface area contributed by atoms with Crippen LogP contribution in [0.1, 0.15) is 0 Å². The van der Waals surface area contributed by atoms with E-state index in [0.29, 0.717) is 0 Å². The molecule has 1 heterocycles. The molecule has 9 aromatic carbocycles. The molecular weight excluding hydrogens is 617 g/mol. The number of anilines is 3. The smallest absolute Gasteiger partial charge is 0.137 e. The Hall–Kier alpha value is -6.77. The monoisotopic (exact) mass is 648 g/mol. The van der Waals surface area contributed by atoms with Crippen molar-refractivity contribution < 1.29 is 0 Å². The second-order valence-electron chi connectivity index (χ2n) is 13.2. The van der Waals surface area contributed by atoms with E-state index in [-0.39, 0.29) is 0 Å². The van der Waals surface area contributed by atoms with Gasteiger partial charge in [-0.1, -0.05) is 146 Å². The Balaban J connectivity index is 1.32. The van der Waals surface area contributed by atoms with Crippen LogP contribution in [0, 0.1) is 0 Å². The average molecular weight is 649 g/mol. The van der Waals surface area contributed by atoms with Gasteiger partial charge in [-0.05, 0) is 113 Å². The molecule has 1 aromatic heterocycles. The Kier molecular flexibility index (Phi) is 6.85. The van der Waals surface area contributed by atoms with Gasteiger partial charge in [0.2, 0.25) is 0 Å². The number of benzene rings is 9. The molecule has 0 bridgehead atoms.